The fraction of sp³-hybridized carbons (Fsp3) is 0.333. The molecule has 0 amide bonds. The molecule has 1 aliphatic heterocycles. The minimum Gasteiger partial charge on any atom is -0.507 e. The summed E-state index contributed by atoms with van der Waals surface area (Å²) < 4.78 is 15.0. The van der Waals surface area contributed by atoms with Crippen LogP contribution < -0.4 is 5.63 Å². The monoisotopic (exact) mass is 306 g/mol. The summed E-state index contributed by atoms with van der Waals surface area (Å²) in [5.74, 6) is -0.930. The predicted molar refractivity (Wildman–Crippen MR) is 74.8 cm³/mol. The molecule has 1 aromatic carbocycles. The third kappa shape index (κ3) is 2.10. The van der Waals surface area contributed by atoms with Gasteiger partial charge in [-0.25, -0.2) is 9.59 Å². The normalized spacial score (nSPS) is 21.3. The molecule has 2 aromatic rings. The number of methoxy groups -OCH3 is 1. The largest absolute Gasteiger partial charge is 0.507 e. The van der Waals surface area contributed by atoms with Crippen LogP contribution in [0, 0.1) is 6.92 Å². The molecule has 3 rings (SSSR count). The zero-order chi connectivity index (χ0) is 16.0. The number of carbonyl (C=O) groups is 1. The smallest absolute Gasteiger partial charge is 0.347 e. The van der Waals surface area contributed by atoms with E-state index in [1.165, 1.54) is 19.2 Å². The number of aromatic hydroxyl groups is 2. The summed E-state index contributed by atoms with van der Waals surface area (Å²) in [6.45, 7) is 1.59. The van der Waals surface area contributed by atoms with Crippen molar-refractivity contribution in [2.75, 3.05) is 7.11 Å². The molecule has 7 nitrogen and oxygen atoms in total. The van der Waals surface area contributed by atoms with Gasteiger partial charge in [0.15, 0.2) is 6.10 Å². The molecule has 1 fully saturated rings. The first kappa shape index (κ1) is 14.4. The Morgan fingerprint density at radius 1 is 1.27 bits per heavy atom. The third-order valence-electron chi connectivity index (χ3n) is 3.72. The van der Waals surface area contributed by atoms with E-state index in [1.807, 2.05) is 0 Å². The maximum Gasteiger partial charge on any atom is 0.347 e. The highest BCUT2D eigenvalue weighted by Crippen LogP contribution is 2.43. The lowest BCUT2D eigenvalue weighted by atomic mass is 9.99. The Morgan fingerprint density at radius 2 is 2.00 bits per heavy atom. The lowest BCUT2D eigenvalue weighted by Crippen LogP contribution is -2.15. The Balaban J connectivity index is 2.19. The summed E-state index contributed by atoms with van der Waals surface area (Å²) in [5, 5.41) is 20.8. The van der Waals surface area contributed by atoms with E-state index in [9.17, 15) is 19.8 Å². The molecule has 1 aromatic heterocycles. The number of carbonyl (C=O) groups excluding carboxylic acids is 1. The molecule has 2 N–H and O–H groups in total. The number of aryl methyl sites for hydroxylation is 1. The Hall–Kier alpha value is -2.54. The molecule has 1 saturated heterocycles. The van der Waals surface area contributed by atoms with Crippen LogP contribution in [0.3, 0.4) is 0 Å². The molecular formula is C15H14O7. The first-order valence-corrected chi connectivity index (χ1v) is 6.65. The van der Waals surface area contributed by atoms with Crippen molar-refractivity contribution < 1.29 is 28.9 Å². The molecule has 22 heavy (non-hydrogen) atoms. The molecule has 2 heterocycles. The van der Waals surface area contributed by atoms with E-state index in [2.05, 4.69) is 0 Å². The first-order chi connectivity index (χ1) is 10.4. The summed E-state index contributed by atoms with van der Waals surface area (Å²) in [4.78, 5) is 23.5. The Labute approximate surface area is 124 Å². The number of benzene rings is 1. The lowest BCUT2D eigenvalue weighted by Gasteiger charge is -2.14. The van der Waals surface area contributed by atoms with Crippen molar-refractivity contribution >= 4 is 16.7 Å². The fourth-order valence-electron chi connectivity index (χ4n) is 2.71. The van der Waals surface area contributed by atoms with E-state index in [0.717, 1.165) is 0 Å². The number of cyclic esters (lactones) is 1. The Bertz CT molecular complexity index is 821. The van der Waals surface area contributed by atoms with Crippen LogP contribution in [-0.4, -0.2) is 29.4 Å². The zero-order valence-corrected chi connectivity index (χ0v) is 12.0. The molecule has 0 aliphatic carbocycles. The summed E-state index contributed by atoms with van der Waals surface area (Å²) in [6, 6.07) is 2.86. The second kappa shape index (κ2) is 5.03. The standard InChI is InChI=1S/C15H14O7/c1-6-3-7-4-8(16)12(13(17)11(7)15(19)21-6)9-5-10(20-2)14(18)22-9/h3-4,9-10,16-17H,5H2,1-2H3/t9-,10+/m0/s1. The molecule has 116 valence electrons. The zero-order valence-electron chi connectivity index (χ0n) is 12.0. The Kier molecular flexibility index (Phi) is 3.29. The molecule has 0 spiro atoms. The van der Waals surface area contributed by atoms with Gasteiger partial charge in [0.05, 0.1) is 5.56 Å². The van der Waals surface area contributed by atoms with Crippen molar-refractivity contribution in [3.63, 3.8) is 0 Å². The Morgan fingerprint density at radius 3 is 2.64 bits per heavy atom. The van der Waals surface area contributed by atoms with Crippen LogP contribution in [0.15, 0.2) is 21.3 Å². The van der Waals surface area contributed by atoms with Crippen LogP contribution in [0.25, 0.3) is 10.8 Å². The second-order valence-electron chi connectivity index (χ2n) is 5.15. The average molecular weight is 306 g/mol. The topological polar surface area (TPSA) is 106 Å². The second-order valence-corrected chi connectivity index (χ2v) is 5.15. The number of esters is 1. The van der Waals surface area contributed by atoms with Gasteiger partial charge >= 0.3 is 11.6 Å². The summed E-state index contributed by atoms with van der Waals surface area (Å²) >= 11 is 0. The number of rotatable bonds is 2. The van der Waals surface area contributed by atoms with Gasteiger partial charge < -0.3 is 24.1 Å². The van der Waals surface area contributed by atoms with Gasteiger partial charge in [-0.3, -0.25) is 0 Å². The SMILES string of the molecule is CO[C@@H]1C[C@@H](c2c(O)cc3cc(C)oc(=O)c3c2O)OC1=O. The van der Waals surface area contributed by atoms with Gasteiger partial charge in [0.1, 0.15) is 28.7 Å². The molecule has 2 atom stereocenters. The predicted octanol–water partition coefficient (Wildman–Crippen LogP) is 1.52. The molecule has 1 aliphatic rings. The van der Waals surface area contributed by atoms with Gasteiger partial charge in [-0.1, -0.05) is 0 Å². The highest BCUT2D eigenvalue weighted by molar-refractivity contribution is 5.91. The van der Waals surface area contributed by atoms with Gasteiger partial charge in [0, 0.05) is 13.5 Å². The van der Waals surface area contributed by atoms with Crippen LogP contribution in [0.1, 0.15) is 23.8 Å². The highest BCUT2D eigenvalue weighted by Gasteiger charge is 2.38. The number of fused-ring (bicyclic) bond motifs is 1. The van der Waals surface area contributed by atoms with E-state index < -0.39 is 29.6 Å². The van der Waals surface area contributed by atoms with Crippen molar-refractivity contribution in [2.45, 2.75) is 25.6 Å². The quantitative estimate of drug-likeness (QED) is 0.810. The van der Waals surface area contributed by atoms with E-state index in [-0.39, 0.29) is 23.1 Å². The van der Waals surface area contributed by atoms with Crippen LogP contribution in [0.5, 0.6) is 11.5 Å². The van der Waals surface area contributed by atoms with Crippen LogP contribution in [-0.2, 0) is 14.3 Å². The van der Waals surface area contributed by atoms with Crippen molar-refractivity contribution in [3.8, 4) is 11.5 Å². The molecule has 0 saturated carbocycles. The molecule has 0 radical (unpaired) electrons. The molecular weight excluding hydrogens is 292 g/mol. The summed E-state index contributed by atoms with van der Waals surface area (Å²) in [7, 11) is 1.37. The maximum atomic E-state index is 11.9. The maximum absolute atomic E-state index is 11.9. The number of phenolic OH excluding ortho intramolecular Hbond substituents is 2. The number of ether oxygens (including phenoxy) is 2. The van der Waals surface area contributed by atoms with Crippen molar-refractivity contribution in [3.05, 3.63) is 33.9 Å². The van der Waals surface area contributed by atoms with Gasteiger partial charge in [-0.2, -0.15) is 0 Å². The van der Waals surface area contributed by atoms with Crippen molar-refractivity contribution in [2.24, 2.45) is 0 Å². The summed E-state index contributed by atoms with van der Waals surface area (Å²) in [6.07, 6.45) is -1.52. The van der Waals surface area contributed by atoms with Gasteiger partial charge in [0.2, 0.25) is 0 Å². The van der Waals surface area contributed by atoms with Crippen LogP contribution in [0.4, 0.5) is 0 Å². The lowest BCUT2D eigenvalue weighted by molar-refractivity contribution is -0.148. The number of hydrogen-bond acceptors (Lipinski definition) is 7. The van der Waals surface area contributed by atoms with Gasteiger partial charge in [0.25, 0.3) is 0 Å². The molecule has 7 heteroatoms. The average Bonchev–Trinajstić information content (AvgIpc) is 2.78. The van der Waals surface area contributed by atoms with Gasteiger partial charge in [-0.15, -0.1) is 0 Å². The molecule has 0 unspecified atom stereocenters. The number of hydrogen-bond donors (Lipinski definition) is 2. The minimum absolute atomic E-state index is 0.0171. The van der Waals surface area contributed by atoms with Crippen molar-refractivity contribution in [1.82, 2.24) is 0 Å². The van der Waals surface area contributed by atoms with Crippen LogP contribution >= 0.6 is 0 Å². The van der Waals surface area contributed by atoms with Crippen LogP contribution in [0.2, 0.25) is 0 Å². The highest BCUT2D eigenvalue weighted by atomic mass is 16.6. The minimum atomic E-state index is -0.887. The summed E-state index contributed by atoms with van der Waals surface area (Å²) in [5.41, 5.74) is -0.738. The molecule has 0 bridgehead atoms. The third-order valence-corrected chi connectivity index (χ3v) is 3.72. The van der Waals surface area contributed by atoms with E-state index in [1.54, 1.807) is 6.92 Å². The van der Waals surface area contributed by atoms with E-state index in [4.69, 9.17) is 13.9 Å². The van der Waals surface area contributed by atoms with E-state index in [0.29, 0.717) is 11.1 Å². The van der Waals surface area contributed by atoms with Gasteiger partial charge in [-0.05, 0) is 24.4 Å². The van der Waals surface area contributed by atoms with E-state index >= 15 is 0 Å². The number of phenols is 2. The first-order valence-electron chi connectivity index (χ1n) is 6.65. The fourth-order valence-corrected chi connectivity index (χ4v) is 2.71. The van der Waals surface area contributed by atoms with Crippen molar-refractivity contribution in [1.29, 1.82) is 0 Å².